The normalized spacial score (nSPS) is 10.4. The van der Waals surface area contributed by atoms with Crippen LogP contribution >= 0.6 is 15.9 Å². The molecule has 0 aliphatic rings. The first-order chi connectivity index (χ1) is 9.86. The second-order valence-corrected chi connectivity index (χ2v) is 6.38. The van der Waals surface area contributed by atoms with Gasteiger partial charge < -0.3 is 5.11 Å². The lowest BCUT2D eigenvalue weighted by Crippen LogP contribution is -2.30. The van der Waals surface area contributed by atoms with Crippen LogP contribution in [0.25, 0.3) is 0 Å². The van der Waals surface area contributed by atoms with Gasteiger partial charge in [-0.25, -0.2) is 13.2 Å². The van der Waals surface area contributed by atoms with Crippen LogP contribution < -0.4 is 10.7 Å². The van der Waals surface area contributed by atoms with E-state index in [4.69, 9.17) is 10.9 Å². The predicted octanol–water partition coefficient (Wildman–Crippen LogP) is 1.99. The van der Waals surface area contributed by atoms with Crippen molar-refractivity contribution in [2.24, 2.45) is 5.84 Å². The Kier molecular flexibility index (Phi) is 6.50. The van der Waals surface area contributed by atoms with Crippen molar-refractivity contribution in [1.82, 2.24) is 4.83 Å². The molecule has 0 amide bonds. The Morgan fingerprint density at radius 3 is 2.14 bits per heavy atom. The van der Waals surface area contributed by atoms with Crippen molar-refractivity contribution < 1.29 is 18.3 Å². The van der Waals surface area contributed by atoms with Gasteiger partial charge >= 0.3 is 5.97 Å². The van der Waals surface area contributed by atoms with Gasteiger partial charge in [-0.3, -0.25) is 5.84 Å². The molecule has 0 saturated carbocycles. The Morgan fingerprint density at radius 2 is 1.71 bits per heavy atom. The third-order valence-electron chi connectivity index (χ3n) is 2.28. The van der Waals surface area contributed by atoms with Crippen LogP contribution in [0.1, 0.15) is 10.4 Å². The molecule has 2 aromatic rings. The van der Waals surface area contributed by atoms with E-state index in [0.29, 0.717) is 5.56 Å². The number of hydrogen-bond acceptors (Lipinski definition) is 4. The maximum Gasteiger partial charge on any atom is 0.335 e. The van der Waals surface area contributed by atoms with Crippen molar-refractivity contribution in [2.45, 2.75) is 4.90 Å². The minimum Gasteiger partial charge on any atom is -0.478 e. The monoisotopic (exact) mass is 372 g/mol. The Balaban J connectivity index is 0.000000211. The molecule has 0 spiro atoms. The fourth-order valence-corrected chi connectivity index (χ4v) is 2.34. The molecule has 8 heteroatoms. The summed E-state index contributed by atoms with van der Waals surface area (Å²) >= 11 is 3.17. The SMILES string of the molecule is NNS(=O)(=O)c1ccccc1.O=C(O)c1cccc(Br)c1. The molecule has 0 saturated heterocycles. The van der Waals surface area contributed by atoms with E-state index in [1.807, 2.05) is 0 Å². The second-order valence-electron chi connectivity index (χ2n) is 3.75. The molecular formula is C13H13BrN2O4S. The van der Waals surface area contributed by atoms with Crippen LogP contribution in [0.5, 0.6) is 0 Å². The Morgan fingerprint density at radius 1 is 1.10 bits per heavy atom. The van der Waals surface area contributed by atoms with Gasteiger partial charge in [0.1, 0.15) is 0 Å². The number of sulfonamides is 1. The number of halogens is 1. The molecule has 2 aromatic carbocycles. The third-order valence-corrected chi connectivity index (χ3v) is 3.98. The van der Waals surface area contributed by atoms with E-state index >= 15 is 0 Å². The number of aromatic carboxylic acids is 1. The molecule has 4 N–H and O–H groups in total. The average Bonchev–Trinajstić information content (AvgIpc) is 2.49. The van der Waals surface area contributed by atoms with Gasteiger partial charge in [0.15, 0.2) is 0 Å². The number of carbonyl (C=O) groups is 1. The molecular weight excluding hydrogens is 360 g/mol. The second kappa shape index (κ2) is 7.89. The molecule has 21 heavy (non-hydrogen) atoms. The number of nitrogens with one attached hydrogen (secondary N) is 1. The molecule has 0 aromatic heterocycles. The van der Waals surface area contributed by atoms with Crippen molar-refractivity contribution in [3.63, 3.8) is 0 Å². The summed E-state index contributed by atoms with van der Waals surface area (Å²) in [5, 5.41) is 8.49. The van der Waals surface area contributed by atoms with E-state index in [0.717, 1.165) is 4.47 Å². The molecule has 0 atom stereocenters. The lowest BCUT2D eigenvalue weighted by molar-refractivity contribution is 0.0697. The first-order valence-electron chi connectivity index (χ1n) is 5.63. The van der Waals surface area contributed by atoms with Crippen LogP contribution in [0.2, 0.25) is 0 Å². The quantitative estimate of drug-likeness (QED) is 0.563. The number of carboxylic acid groups (broad SMARTS) is 1. The fourth-order valence-electron chi connectivity index (χ4n) is 1.29. The number of carboxylic acids is 1. The summed E-state index contributed by atoms with van der Waals surface area (Å²) in [4.78, 5) is 12.2. The number of hydrazine groups is 1. The van der Waals surface area contributed by atoms with Crippen LogP contribution in [0.3, 0.4) is 0 Å². The van der Waals surface area contributed by atoms with Gasteiger partial charge in [0.05, 0.1) is 10.5 Å². The molecule has 0 radical (unpaired) electrons. The molecule has 0 fully saturated rings. The lowest BCUT2D eigenvalue weighted by Gasteiger charge is -1.99. The molecule has 0 bridgehead atoms. The summed E-state index contributed by atoms with van der Waals surface area (Å²) in [6, 6.07) is 14.5. The molecule has 2 rings (SSSR count). The number of rotatable bonds is 3. The van der Waals surface area contributed by atoms with E-state index in [2.05, 4.69) is 15.9 Å². The van der Waals surface area contributed by atoms with Crippen molar-refractivity contribution >= 4 is 31.9 Å². The molecule has 112 valence electrons. The Hall–Kier alpha value is -1.74. The topological polar surface area (TPSA) is 109 Å². The highest BCUT2D eigenvalue weighted by Crippen LogP contribution is 2.11. The van der Waals surface area contributed by atoms with E-state index < -0.39 is 16.0 Å². The molecule has 0 unspecified atom stereocenters. The first kappa shape index (κ1) is 17.3. The zero-order chi connectivity index (χ0) is 15.9. The van der Waals surface area contributed by atoms with E-state index in [1.165, 1.54) is 12.1 Å². The highest BCUT2D eigenvalue weighted by Gasteiger charge is 2.08. The minimum absolute atomic E-state index is 0.169. The zero-order valence-electron chi connectivity index (χ0n) is 10.7. The number of hydrogen-bond donors (Lipinski definition) is 3. The minimum atomic E-state index is -3.47. The Labute approximate surface area is 130 Å². The smallest absolute Gasteiger partial charge is 0.335 e. The average molecular weight is 373 g/mol. The molecule has 6 nitrogen and oxygen atoms in total. The highest BCUT2D eigenvalue weighted by atomic mass is 79.9. The predicted molar refractivity (Wildman–Crippen MR) is 82.1 cm³/mol. The van der Waals surface area contributed by atoms with E-state index in [1.54, 1.807) is 47.3 Å². The summed E-state index contributed by atoms with van der Waals surface area (Å²) < 4.78 is 22.7. The Bertz CT molecular complexity index is 705. The lowest BCUT2D eigenvalue weighted by atomic mass is 10.2. The standard InChI is InChI=1S/C7H5BrO2.C6H8N2O2S/c8-6-3-1-2-5(4-6)7(9)10;7-8-11(9,10)6-4-2-1-3-5-6/h1-4H,(H,9,10);1-5,8H,7H2. The summed E-state index contributed by atoms with van der Waals surface area (Å²) in [6.07, 6.45) is 0. The summed E-state index contributed by atoms with van der Waals surface area (Å²) in [6.45, 7) is 0. The van der Waals surface area contributed by atoms with Gasteiger partial charge in [0, 0.05) is 4.47 Å². The zero-order valence-corrected chi connectivity index (χ0v) is 13.1. The van der Waals surface area contributed by atoms with Gasteiger partial charge in [-0.2, -0.15) is 4.83 Å². The maximum absolute atomic E-state index is 11.0. The largest absolute Gasteiger partial charge is 0.478 e. The van der Waals surface area contributed by atoms with Gasteiger partial charge in [0.2, 0.25) is 0 Å². The van der Waals surface area contributed by atoms with Crippen LogP contribution in [-0.2, 0) is 10.0 Å². The van der Waals surface area contributed by atoms with Crippen molar-refractivity contribution in [1.29, 1.82) is 0 Å². The third kappa shape index (κ3) is 5.64. The van der Waals surface area contributed by atoms with E-state index in [9.17, 15) is 13.2 Å². The molecule has 0 aliphatic heterocycles. The van der Waals surface area contributed by atoms with Gasteiger partial charge in [0.25, 0.3) is 10.0 Å². The van der Waals surface area contributed by atoms with Gasteiger partial charge in [-0.15, -0.1) is 0 Å². The maximum atomic E-state index is 11.0. The summed E-state index contributed by atoms with van der Waals surface area (Å²) in [5.41, 5.74) is 0.300. The molecule has 0 aliphatic carbocycles. The van der Waals surface area contributed by atoms with E-state index in [-0.39, 0.29) is 4.90 Å². The van der Waals surface area contributed by atoms with Crippen molar-refractivity contribution in [3.05, 3.63) is 64.6 Å². The van der Waals surface area contributed by atoms with Crippen LogP contribution in [0.15, 0.2) is 64.0 Å². The summed E-state index contributed by atoms with van der Waals surface area (Å²) in [7, 11) is -3.47. The van der Waals surface area contributed by atoms with Crippen LogP contribution in [-0.4, -0.2) is 19.5 Å². The first-order valence-corrected chi connectivity index (χ1v) is 7.91. The number of nitrogens with two attached hydrogens (primary N) is 1. The summed E-state index contributed by atoms with van der Waals surface area (Å²) in [5.74, 6) is 3.90. The highest BCUT2D eigenvalue weighted by molar-refractivity contribution is 9.10. The van der Waals surface area contributed by atoms with Crippen molar-refractivity contribution in [3.8, 4) is 0 Å². The van der Waals surface area contributed by atoms with Gasteiger partial charge in [-0.05, 0) is 30.3 Å². The molecule has 0 heterocycles. The van der Waals surface area contributed by atoms with Crippen molar-refractivity contribution in [2.75, 3.05) is 0 Å². The van der Waals surface area contributed by atoms with Crippen LogP contribution in [0.4, 0.5) is 0 Å². The number of benzene rings is 2. The fraction of sp³-hybridized carbons (Fsp3) is 0. The van der Waals surface area contributed by atoms with Gasteiger partial charge in [-0.1, -0.05) is 40.2 Å². The van der Waals surface area contributed by atoms with Crippen LogP contribution in [0, 0.1) is 0 Å².